The smallest absolute Gasteiger partial charge is 0.293 e. The van der Waals surface area contributed by atoms with Gasteiger partial charge in [0.25, 0.3) is 5.69 Å². The first kappa shape index (κ1) is 14.8. The van der Waals surface area contributed by atoms with Crippen molar-refractivity contribution in [2.45, 2.75) is 51.0 Å². The van der Waals surface area contributed by atoms with Gasteiger partial charge < -0.3 is 4.90 Å². The molecule has 0 aromatic heterocycles. The Balaban J connectivity index is 1.92. The Bertz CT molecular complexity index is 525. The number of hydrogen-bond acceptors (Lipinski definition) is 3. The van der Waals surface area contributed by atoms with Crippen LogP contribution in [0.25, 0.3) is 0 Å². The topological polar surface area (TPSA) is 46.4 Å². The molecule has 0 atom stereocenters. The highest BCUT2D eigenvalue weighted by Crippen LogP contribution is 2.39. The van der Waals surface area contributed by atoms with Gasteiger partial charge in [0.2, 0.25) is 0 Å². The highest BCUT2D eigenvalue weighted by molar-refractivity contribution is 9.10. The summed E-state index contributed by atoms with van der Waals surface area (Å²) in [6, 6.07) is 5.95. The molecular weight excluding hydrogens is 332 g/mol. The second-order valence-electron chi connectivity index (χ2n) is 6.28. The lowest BCUT2D eigenvalue weighted by molar-refractivity contribution is -0.384. The van der Waals surface area contributed by atoms with Gasteiger partial charge in [-0.15, -0.1) is 0 Å². The molecule has 0 bridgehead atoms. The van der Waals surface area contributed by atoms with E-state index >= 15 is 0 Å². The van der Waals surface area contributed by atoms with Crippen molar-refractivity contribution in [1.82, 2.24) is 0 Å². The summed E-state index contributed by atoms with van der Waals surface area (Å²) in [5.74, 6) is 0.732. The van der Waals surface area contributed by atoms with E-state index in [2.05, 4.69) is 20.8 Å². The molecule has 0 spiro atoms. The van der Waals surface area contributed by atoms with Crippen LogP contribution >= 0.6 is 15.9 Å². The molecule has 0 aliphatic heterocycles. The standard InChI is InChI=1S/C16H21BrN2O2/c17-13-8-9-15(16(10-13)19(20)21)18(11-12-6-7-12)14-4-2-1-3-5-14/h8-10,12,14H,1-7,11H2. The molecule has 0 N–H and O–H groups in total. The van der Waals surface area contributed by atoms with Gasteiger partial charge in [-0.1, -0.05) is 35.2 Å². The van der Waals surface area contributed by atoms with Crippen molar-refractivity contribution < 1.29 is 4.92 Å². The van der Waals surface area contributed by atoms with Crippen LogP contribution in [-0.4, -0.2) is 17.5 Å². The summed E-state index contributed by atoms with van der Waals surface area (Å²) in [5.41, 5.74) is 1.04. The zero-order chi connectivity index (χ0) is 14.8. The van der Waals surface area contributed by atoms with Crippen LogP contribution in [-0.2, 0) is 0 Å². The van der Waals surface area contributed by atoms with Crippen LogP contribution in [0.3, 0.4) is 0 Å². The quantitative estimate of drug-likeness (QED) is 0.558. The van der Waals surface area contributed by atoms with Gasteiger partial charge in [0.1, 0.15) is 5.69 Å². The van der Waals surface area contributed by atoms with Gasteiger partial charge in [-0.3, -0.25) is 10.1 Å². The normalized spacial score (nSPS) is 19.5. The number of nitro groups is 1. The van der Waals surface area contributed by atoms with E-state index in [0.29, 0.717) is 6.04 Å². The number of anilines is 1. The predicted octanol–water partition coefficient (Wildman–Crippen LogP) is 4.91. The first-order valence-corrected chi connectivity index (χ1v) is 8.65. The van der Waals surface area contributed by atoms with Crippen LogP contribution in [0.2, 0.25) is 0 Å². The molecule has 2 aliphatic rings. The fourth-order valence-corrected chi connectivity index (χ4v) is 3.65. The van der Waals surface area contributed by atoms with Gasteiger partial charge in [-0.25, -0.2) is 0 Å². The predicted molar refractivity (Wildman–Crippen MR) is 87.7 cm³/mol. The molecule has 21 heavy (non-hydrogen) atoms. The van der Waals surface area contributed by atoms with Gasteiger partial charge in [0.05, 0.1) is 4.92 Å². The van der Waals surface area contributed by atoms with Crippen LogP contribution in [0.5, 0.6) is 0 Å². The van der Waals surface area contributed by atoms with E-state index in [0.717, 1.165) is 22.6 Å². The zero-order valence-corrected chi connectivity index (χ0v) is 13.7. The van der Waals surface area contributed by atoms with Crippen molar-refractivity contribution in [2.24, 2.45) is 5.92 Å². The van der Waals surface area contributed by atoms with Gasteiger partial charge in [-0.2, -0.15) is 0 Å². The number of halogens is 1. The molecule has 0 heterocycles. The Morgan fingerprint density at radius 1 is 1.19 bits per heavy atom. The molecule has 2 aliphatic carbocycles. The Kier molecular flexibility index (Phi) is 4.48. The Morgan fingerprint density at radius 2 is 1.90 bits per heavy atom. The molecule has 1 aromatic rings. The van der Waals surface area contributed by atoms with E-state index in [1.807, 2.05) is 12.1 Å². The largest absolute Gasteiger partial charge is 0.363 e. The van der Waals surface area contributed by atoms with E-state index in [9.17, 15) is 10.1 Å². The number of benzene rings is 1. The minimum absolute atomic E-state index is 0.232. The molecular formula is C16H21BrN2O2. The summed E-state index contributed by atoms with van der Waals surface area (Å²) in [4.78, 5) is 13.5. The van der Waals surface area contributed by atoms with E-state index in [4.69, 9.17) is 0 Å². The van der Waals surface area contributed by atoms with Gasteiger partial charge >= 0.3 is 0 Å². The van der Waals surface area contributed by atoms with Crippen molar-refractivity contribution in [3.8, 4) is 0 Å². The minimum atomic E-state index is -0.247. The average Bonchev–Trinajstić information content (AvgIpc) is 3.30. The molecule has 0 saturated heterocycles. The molecule has 2 fully saturated rings. The minimum Gasteiger partial charge on any atom is -0.363 e. The summed E-state index contributed by atoms with van der Waals surface area (Å²) in [6.45, 7) is 0.979. The number of nitro benzene ring substituents is 1. The molecule has 0 amide bonds. The summed E-state index contributed by atoms with van der Waals surface area (Å²) in [5, 5.41) is 11.4. The fraction of sp³-hybridized carbons (Fsp3) is 0.625. The third-order valence-electron chi connectivity index (χ3n) is 4.61. The van der Waals surface area contributed by atoms with E-state index < -0.39 is 0 Å². The number of nitrogens with zero attached hydrogens (tertiary/aromatic N) is 2. The van der Waals surface area contributed by atoms with Crippen LogP contribution in [0, 0.1) is 16.0 Å². The number of hydrogen-bond donors (Lipinski definition) is 0. The summed E-state index contributed by atoms with van der Waals surface area (Å²) >= 11 is 3.35. The molecule has 4 nitrogen and oxygen atoms in total. The summed E-state index contributed by atoms with van der Waals surface area (Å²) in [6.07, 6.45) is 8.67. The molecule has 0 radical (unpaired) electrons. The molecule has 0 unspecified atom stereocenters. The van der Waals surface area contributed by atoms with Crippen LogP contribution in [0.15, 0.2) is 22.7 Å². The average molecular weight is 353 g/mol. The SMILES string of the molecule is O=[N+]([O-])c1cc(Br)ccc1N(CC1CC1)C1CCCCC1. The molecule has 1 aromatic carbocycles. The number of rotatable bonds is 5. The van der Waals surface area contributed by atoms with Crippen LogP contribution in [0.1, 0.15) is 44.9 Å². The first-order valence-electron chi connectivity index (χ1n) is 7.86. The highest BCUT2D eigenvalue weighted by atomic mass is 79.9. The zero-order valence-electron chi connectivity index (χ0n) is 12.1. The molecule has 3 rings (SSSR count). The maximum absolute atomic E-state index is 11.4. The van der Waals surface area contributed by atoms with Gasteiger partial charge in [-0.05, 0) is 43.7 Å². The lowest BCUT2D eigenvalue weighted by atomic mass is 9.93. The monoisotopic (exact) mass is 352 g/mol. The summed E-state index contributed by atoms with van der Waals surface area (Å²) in [7, 11) is 0. The lowest BCUT2D eigenvalue weighted by Gasteiger charge is -2.36. The Labute approximate surface area is 133 Å². The molecule has 114 valence electrons. The lowest BCUT2D eigenvalue weighted by Crippen LogP contribution is -2.38. The van der Waals surface area contributed by atoms with Crippen molar-refractivity contribution in [2.75, 3.05) is 11.4 Å². The second kappa shape index (κ2) is 6.34. The van der Waals surface area contributed by atoms with Gasteiger partial charge in [0.15, 0.2) is 0 Å². The van der Waals surface area contributed by atoms with Gasteiger partial charge in [0, 0.05) is 23.1 Å². The highest BCUT2D eigenvalue weighted by Gasteiger charge is 2.32. The third kappa shape index (κ3) is 3.57. The van der Waals surface area contributed by atoms with Crippen molar-refractivity contribution in [1.29, 1.82) is 0 Å². The van der Waals surface area contributed by atoms with E-state index in [-0.39, 0.29) is 10.6 Å². The molecule has 5 heteroatoms. The first-order chi connectivity index (χ1) is 10.1. The van der Waals surface area contributed by atoms with E-state index in [1.54, 1.807) is 6.07 Å². The van der Waals surface area contributed by atoms with E-state index in [1.165, 1.54) is 44.9 Å². The third-order valence-corrected chi connectivity index (χ3v) is 5.10. The Morgan fingerprint density at radius 3 is 2.52 bits per heavy atom. The van der Waals surface area contributed by atoms with Crippen molar-refractivity contribution in [3.05, 3.63) is 32.8 Å². The van der Waals surface area contributed by atoms with Crippen molar-refractivity contribution in [3.63, 3.8) is 0 Å². The van der Waals surface area contributed by atoms with Crippen LogP contribution < -0.4 is 4.90 Å². The van der Waals surface area contributed by atoms with Crippen LogP contribution in [0.4, 0.5) is 11.4 Å². The second-order valence-corrected chi connectivity index (χ2v) is 7.19. The maximum atomic E-state index is 11.4. The fourth-order valence-electron chi connectivity index (χ4n) is 3.30. The summed E-state index contributed by atoms with van der Waals surface area (Å²) < 4.78 is 0.771. The van der Waals surface area contributed by atoms with Crippen molar-refractivity contribution >= 4 is 27.3 Å². The Hall–Kier alpha value is -1.10. The maximum Gasteiger partial charge on any atom is 0.293 e. The molecule has 2 saturated carbocycles.